The highest BCUT2D eigenvalue weighted by Crippen LogP contribution is 2.21. The lowest BCUT2D eigenvalue weighted by Crippen LogP contribution is -2.45. The molecule has 0 radical (unpaired) electrons. The van der Waals surface area contributed by atoms with Gasteiger partial charge in [-0.3, -0.25) is 0 Å². The fraction of sp³-hybridized carbons (Fsp3) is 0.500. The maximum absolute atomic E-state index is 11.8. The summed E-state index contributed by atoms with van der Waals surface area (Å²) in [5, 5.41) is 14.4. The Morgan fingerprint density at radius 2 is 2.24 bits per heavy atom. The molecule has 2 rings (SSSR count). The number of pyridine rings is 1. The fourth-order valence-corrected chi connectivity index (χ4v) is 2.43. The van der Waals surface area contributed by atoms with Crippen LogP contribution in [0.4, 0.5) is 4.79 Å². The first kappa shape index (κ1) is 15.2. The Morgan fingerprint density at radius 3 is 2.86 bits per heavy atom. The predicted molar refractivity (Wildman–Crippen MR) is 75.0 cm³/mol. The van der Waals surface area contributed by atoms with E-state index in [1.165, 1.54) is 12.3 Å². The number of carboxylic acids is 1. The Morgan fingerprint density at radius 1 is 1.43 bits per heavy atom. The summed E-state index contributed by atoms with van der Waals surface area (Å²) >= 11 is 0. The number of aromatic nitrogens is 1. The minimum absolute atomic E-state index is 0.0166. The molecule has 7 nitrogen and oxygen atoms in total. The van der Waals surface area contributed by atoms with E-state index in [9.17, 15) is 9.59 Å². The molecular weight excluding hydrogens is 274 g/mol. The molecule has 2 unspecified atom stereocenters. The molecule has 2 amide bonds. The van der Waals surface area contributed by atoms with E-state index in [0.717, 1.165) is 24.8 Å². The Kier molecular flexibility index (Phi) is 5.10. The van der Waals surface area contributed by atoms with Gasteiger partial charge in [0.2, 0.25) is 0 Å². The highest BCUT2D eigenvalue weighted by atomic mass is 16.5. The molecule has 1 aliphatic rings. The average molecular weight is 293 g/mol. The molecule has 114 valence electrons. The predicted octanol–water partition coefficient (Wildman–Crippen LogP) is 1.15. The lowest BCUT2D eigenvalue weighted by atomic mass is 10.2. The van der Waals surface area contributed by atoms with Crippen molar-refractivity contribution in [1.29, 1.82) is 0 Å². The van der Waals surface area contributed by atoms with Crippen LogP contribution in [0.25, 0.3) is 0 Å². The summed E-state index contributed by atoms with van der Waals surface area (Å²) in [5.74, 6) is -1.07. The van der Waals surface area contributed by atoms with Crippen molar-refractivity contribution in [2.24, 2.45) is 0 Å². The average Bonchev–Trinajstić information content (AvgIpc) is 2.92. The smallest absolute Gasteiger partial charge is 0.354 e. The molecule has 1 fully saturated rings. The van der Waals surface area contributed by atoms with E-state index in [4.69, 9.17) is 9.84 Å². The van der Waals surface area contributed by atoms with E-state index >= 15 is 0 Å². The van der Waals surface area contributed by atoms with Crippen molar-refractivity contribution in [3.8, 4) is 0 Å². The van der Waals surface area contributed by atoms with Crippen molar-refractivity contribution in [3.63, 3.8) is 0 Å². The van der Waals surface area contributed by atoms with Crippen molar-refractivity contribution in [1.82, 2.24) is 15.6 Å². The molecule has 0 bridgehead atoms. The molecule has 1 heterocycles. The van der Waals surface area contributed by atoms with Gasteiger partial charge in [-0.25, -0.2) is 14.6 Å². The van der Waals surface area contributed by atoms with Gasteiger partial charge in [-0.15, -0.1) is 0 Å². The number of amides is 2. The number of aromatic carboxylic acids is 1. The number of methoxy groups -OCH3 is 1. The zero-order chi connectivity index (χ0) is 15.2. The van der Waals surface area contributed by atoms with Gasteiger partial charge in [0.25, 0.3) is 0 Å². The van der Waals surface area contributed by atoms with Crippen LogP contribution in [0.3, 0.4) is 0 Å². The molecule has 3 N–H and O–H groups in total. The molecule has 0 saturated heterocycles. The summed E-state index contributed by atoms with van der Waals surface area (Å²) in [6.07, 6.45) is 4.44. The summed E-state index contributed by atoms with van der Waals surface area (Å²) in [7, 11) is 1.65. The Labute approximate surface area is 122 Å². The van der Waals surface area contributed by atoms with Crippen LogP contribution in [-0.4, -0.2) is 41.3 Å². The van der Waals surface area contributed by atoms with Crippen molar-refractivity contribution in [2.75, 3.05) is 7.11 Å². The van der Waals surface area contributed by atoms with Gasteiger partial charge in [0, 0.05) is 19.9 Å². The number of hydrogen-bond donors (Lipinski definition) is 3. The van der Waals surface area contributed by atoms with Crippen LogP contribution >= 0.6 is 0 Å². The van der Waals surface area contributed by atoms with Gasteiger partial charge in [-0.05, 0) is 30.9 Å². The number of rotatable bonds is 5. The van der Waals surface area contributed by atoms with E-state index in [1.807, 2.05) is 0 Å². The van der Waals surface area contributed by atoms with Crippen LogP contribution in [-0.2, 0) is 11.3 Å². The fourth-order valence-electron chi connectivity index (χ4n) is 2.43. The monoisotopic (exact) mass is 293 g/mol. The van der Waals surface area contributed by atoms with Crippen LogP contribution in [0, 0.1) is 0 Å². The second-order valence-corrected chi connectivity index (χ2v) is 5.00. The number of nitrogens with zero attached hydrogens (tertiary/aromatic N) is 1. The van der Waals surface area contributed by atoms with Crippen LogP contribution < -0.4 is 10.6 Å². The third-order valence-electron chi connectivity index (χ3n) is 3.57. The Hall–Kier alpha value is -2.15. The van der Waals surface area contributed by atoms with Crippen LogP contribution in [0.5, 0.6) is 0 Å². The van der Waals surface area contributed by atoms with Gasteiger partial charge >= 0.3 is 12.0 Å². The van der Waals surface area contributed by atoms with E-state index in [1.54, 1.807) is 13.2 Å². The van der Waals surface area contributed by atoms with Crippen molar-refractivity contribution in [2.45, 2.75) is 38.0 Å². The first-order valence-electron chi connectivity index (χ1n) is 6.85. The van der Waals surface area contributed by atoms with Crippen molar-refractivity contribution >= 4 is 12.0 Å². The van der Waals surface area contributed by atoms with Gasteiger partial charge < -0.3 is 20.5 Å². The molecule has 1 aromatic rings. The molecule has 1 saturated carbocycles. The number of hydrogen-bond acceptors (Lipinski definition) is 4. The zero-order valence-electron chi connectivity index (χ0n) is 11.8. The van der Waals surface area contributed by atoms with Crippen LogP contribution in [0.1, 0.15) is 35.3 Å². The number of nitrogens with one attached hydrogen (secondary N) is 2. The maximum Gasteiger partial charge on any atom is 0.354 e. The van der Waals surface area contributed by atoms with E-state index in [0.29, 0.717) is 6.54 Å². The Bertz CT molecular complexity index is 503. The number of carbonyl (C=O) groups excluding carboxylic acids is 1. The number of urea groups is 1. The highest BCUT2D eigenvalue weighted by molar-refractivity contribution is 5.85. The topological polar surface area (TPSA) is 101 Å². The number of ether oxygens (including phenoxy) is 1. The third kappa shape index (κ3) is 4.16. The van der Waals surface area contributed by atoms with Gasteiger partial charge in [-0.2, -0.15) is 0 Å². The second-order valence-electron chi connectivity index (χ2n) is 5.00. The second kappa shape index (κ2) is 7.03. The first-order chi connectivity index (χ1) is 10.1. The largest absolute Gasteiger partial charge is 0.477 e. The van der Waals surface area contributed by atoms with Crippen molar-refractivity contribution < 1.29 is 19.4 Å². The quantitative estimate of drug-likeness (QED) is 0.756. The van der Waals surface area contributed by atoms with Gasteiger partial charge in [0.15, 0.2) is 0 Å². The maximum atomic E-state index is 11.8. The zero-order valence-corrected chi connectivity index (χ0v) is 11.8. The summed E-state index contributed by atoms with van der Waals surface area (Å²) in [6, 6.07) is 2.83. The lowest BCUT2D eigenvalue weighted by molar-refractivity contribution is 0.0690. The minimum Gasteiger partial charge on any atom is -0.477 e. The summed E-state index contributed by atoms with van der Waals surface area (Å²) in [5.41, 5.74) is 0.724. The van der Waals surface area contributed by atoms with E-state index in [2.05, 4.69) is 15.6 Å². The molecule has 2 atom stereocenters. The molecular formula is C14H19N3O4. The first-order valence-corrected chi connectivity index (χ1v) is 6.85. The van der Waals surface area contributed by atoms with Gasteiger partial charge in [-0.1, -0.05) is 6.07 Å². The molecule has 0 spiro atoms. The SMILES string of the molecule is COC1CCCC1NC(=O)NCc1ccc(C(=O)O)nc1. The third-order valence-corrected chi connectivity index (χ3v) is 3.57. The molecule has 0 aromatic carbocycles. The van der Waals surface area contributed by atoms with Crippen LogP contribution in [0.2, 0.25) is 0 Å². The molecule has 21 heavy (non-hydrogen) atoms. The molecule has 1 aromatic heterocycles. The molecule has 0 aliphatic heterocycles. The lowest BCUT2D eigenvalue weighted by Gasteiger charge is -2.19. The standard InChI is InChI=1S/C14H19N3O4/c1-21-12-4-2-3-10(12)17-14(20)16-8-9-5-6-11(13(18)19)15-7-9/h5-7,10,12H,2-4,8H2,1H3,(H,18,19)(H2,16,17,20). The van der Waals surface area contributed by atoms with Crippen molar-refractivity contribution in [3.05, 3.63) is 29.6 Å². The summed E-state index contributed by atoms with van der Waals surface area (Å²) in [4.78, 5) is 26.3. The van der Waals surface area contributed by atoms with Crippen LogP contribution in [0.15, 0.2) is 18.3 Å². The van der Waals surface area contributed by atoms with Gasteiger partial charge in [0.1, 0.15) is 5.69 Å². The number of carbonyl (C=O) groups is 2. The van der Waals surface area contributed by atoms with Gasteiger partial charge in [0.05, 0.1) is 12.1 Å². The minimum atomic E-state index is -1.07. The molecule has 1 aliphatic carbocycles. The number of carboxylic acid groups (broad SMARTS) is 1. The molecule has 7 heteroatoms. The van der Waals surface area contributed by atoms with E-state index in [-0.39, 0.29) is 23.9 Å². The summed E-state index contributed by atoms with van der Waals surface area (Å²) in [6.45, 7) is 0.295. The Balaban J connectivity index is 1.79. The van der Waals surface area contributed by atoms with E-state index < -0.39 is 5.97 Å². The highest BCUT2D eigenvalue weighted by Gasteiger charge is 2.28. The summed E-state index contributed by atoms with van der Waals surface area (Å²) < 4.78 is 5.31. The normalized spacial score (nSPS) is 21.0.